The molecule has 1 aliphatic rings. The lowest BCUT2D eigenvalue weighted by Gasteiger charge is -2.07. The van der Waals surface area contributed by atoms with Crippen LogP contribution in [0.4, 0.5) is 0 Å². The standard InChI is InChI=1S/C13H14N2O4/c1-2-17-12(16)9-5-8-6-10(13-18-3-4-19-13)14-7-11(8)15-9/h5-7,13,15H,2-4H2,1H3. The van der Waals surface area contributed by atoms with Gasteiger partial charge < -0.3 is 19.2 Å². The van der Waals surface area contributed by atoms with Crippen LogP contribution >= 0.6 is 0 Å². The highest BCUT2D eigenvalue weighted by Gasteiger charge is 2.20. The van der Waals surface area contributed by atoms with E-state index in [1.807, 2.05) is 6.07 Å². The van der Waals surface area contributed by atoms with Gasteiger partial charge in [0.05, 0.1) is 37.2 Å². The molecule has 2 aromatic rings. The summed E-state index contributed by atoms with van der Waals surface area (Å²) in [5.41, 5.74) is 1.91. The van der Waals surface area contributed by atoms with Gasteiger partial charge in [0.15, 0.2) is 0 Å². The molecule has 0 atom stereocenters. The number of rotatable bonds is 3. The summed E-state index contributed by atoms with van der Waals surface area (Å²) in [6, 6.07) is 3.60. The monoisotopic (exact) mass is 262 g/mol. The summed E-state index contributed by atoms with van der Waals surface area (Å²) in [5, 5.41) is 0.882. The zero-order chi connectivity index (χ0) is 13.2. The van der Waals surface area contributed by atoms with Crippen LogP contribution in [0.5, 0.6) is 0 Å². The van der Waals surface area contributed by atoms with E-state index >= 15 is 0 Å². The lowest BCUT2D eigenvalue weighted by atomic mass is 10.2. The Morgan fingerprint density at radius 2 is 2.26 bits per heavy atom. The van der Waals surface area contributed by atoms with Crippen molar-refractivity contribution in [2.24, 2.45) is 0 Å². The van der Waals surface area contributed by atoms with Crippen LogP contribution in [0.2, 0.25) is 0 Å². The molecule has 0 aromatic carbocycles. The number of pyridine rings is 1. The highest BCUT2D eigenvalue weighted by molar-refractivity contribution is 5.94. The Morgan fingerprint density at radius 1 is 1.47 bits per heavy atom. The lowest BCUT2D eigenvalue weighted by Crippen LogP contribution is -2.04. The smallest absolute Gasteiger partial charge is 0.354 e. The Balaban J connectivity index is 1.92. The van der Waals surface area contributed by atoms with Gasteiger partial charge in [-0.25, -0.2) is 4.79 Å². The number of hydrogen-bond acceptors (Lipinski definition) is 5. The summed E-state index contributed by atoms with van der Waals surface area (Å²) in [4.78, 5) is 18.9. The number of ether oxygens (including phenoxy) is 3. The second kappa shape index (κ2) is 4.99. The van der Waals surface area contributed by atoms with Crippen molar-refractivity contribution >= 4 is 16.9 Å². The van der Waals surface area contributed by atoms with Crippen molar-refractivity contribution in [1.82, 2.24) is 9.97 Å². The molecule has 100 valence electrons. The molecule has 0 radical (unpaired) electrons. The molecule has 0 saturated carbocycles. The molecule has 0 bridgehead atoms. The summed E-state index contributed by atoms with van der Waals surface area (Å²) < 4.78 is 15.7. The summed E-state index contributed by atoms with van der Waals surface area (Å²) in [7, 11) is 0. The van der Waals surface area contributed by atoms with Crippen molar-refractivity contribution in [2.75, 3.05) is 19.8 Å². The Kier molecular flexibility index (Phi) is 3.18. The number of fused-ring (bicyclic) bond motifs is 1. The van der Waals surface area contributed by atoms with Crippen LogP contribution in [0.3, 0.4) is 0 Å². The molecule has 6 heteroatoms. The fourth-order valence-electron chi connectivity index (χ4n) is 2.03. The van der Waals surface area contributed by atoms with Gasteiger partial charge >= 0.3 is 5.97 Å². The van der Waals surface area contributed by atoms with Crippen molar-refractivity contribution in [1.29, 1.82) is 0 Å². The van der Waals surface area contributed by atoms with Crippen LogP contribution in [0.25, 0.3) is 10.9 Å². The molecule has 1 fully saturated rings. The maximum absolute atomic E-state index is 11.6. The van der Waals surface area contributed by atoms with Crippen molar-refractivity contribution in [3.05, 3.63) is 29.7 Å². The number of carbonyl (C=O) groups excluding carboxylic acids is 1. The van der Waals surface area contributed by atoms with E-state index in [0.29, 0.717) is 31.2 Å². The zero-order valence-electron chi connectivity index (χ0n) is 10.5. The van der Waals surface area contributed by atoms with Crippen LogP contribution in [0, 0.1) is 0 Å². The van der Waals surface area contributed by atoms with E-state index in [1.54, 1.807) is 19.2 Å². The number of nitrogens with one attached hydrogen (secondary N) is 1. The number of carbonyl (C=O) groups is 1. The molecule has 0 aliphatic carbocycles. The van der Waals surface area contributed by atoms with Crippen molar-refractivity contribution in [3.8, 4) is 0 Å². The molecule has 0 unspecified atom stereocenters. The number of esters is 1. The van der Waals surface area contributed by atoms with Gasteiger partial charge in [-0.2, -0.15) is 0 Å². The highest BCUT2D eigenvalue weighted by atomic mass is 16.7. The van der Waals surface area contributed by atoms with Crippen molar-refractivity contribution in [2.45, 2.75) is 13.2 Å². The van der Waals surface area contributed by atoms with E-state index in [-0.39, 0.29) is 5.97 Å². The van der Waals surface area contributed by atoms with Crippen LogP contribution in [0.15, 0.2) is 18.3 Å². The average Bonchev–Trinajstić information content (AvgIpc) is 3.07. The molecule has 0 spiro atoms. The van der Waals surface area contributed by atoms with Crippen LogP contribution in [0.1, 0.15) is 29.4 Å². The van der Waals surface area contributed by atoms with Crippen molar-refractivity contribution in [3.63, 3.8) is 0 Å². The molecule has 3 heterocycles. The fraction of sp³-hybridized carbons (Fsp3) is 0.385. The minimum Gasteiger partial charge on any atom is -0.461 e. The van der Waals surface area contributed by atoms with Crippen LogP contribution in [-0.4, -0.2) is 35.8 Å². The second-order valence-electron chi connectivity index (χ2n) is 4.17. The first-order valence-corrected chi connectivity index (χ1v) is 6.17. The van der Waals surface area contributed by atoms with E-state index in [0.717, 1.165) is 10.9 Å². The molecule has 6 nitrogen and oxygen atoms in total. The molecular weight excluding hydrogens is 248 g/mol. The normalized spacial score (nSPS) is 16.1. The van der Waals surface area contributed by atoms with E-state index < -0.39 is 6.29 Å². The summed E-state index contributed by atoms with van der Waals surface area (Å²) in [6.07, 6.45) is 1.25. The van der Waals surface area contributed by atoms with Gasteiger partial charge in [0.25, 0.3) is 0 Å². The zero-order valence-corrected chi connectivity index (χ0v) is 10.5. The Labute approximate surface area is 109 Å². The second-order valence-corrected chi connectivity index (χ2v) is 4.17. The fourth-order valence-corrected chi connectivity index (χ4v) is 2.03. The predicted molar refractivity (Wildman–Crippen MR) is 66.7 cm³/mol. The van der Waals surface area contributed by atoms with Crippen molar-refractivity contribution < 1.29 is 19.0 Å². The Morgan fingerprint density at radius 3 is 3.00 bits per heavy atom. The number of nitrogens with zero attached hydrogens (tertiary/aromatic N) is 1. The maximum atomic E-state index is 11.6. The van der Waals surface area contributed by atoms with Crippen LogP contribution < -0.4 is 0 Å². The third kappa shape index (κ3) is 2.32. The first-order chi connectivity index (χ1) is 9.28. The largest absolute Gasteiger partial charge is 0.461 e. The number of aromatic nitrogens is 2. The predicted octanol–water partition coefficient (Wildman–Crippen LogP) is 1.78. The van der Waals surface area contributed by atoms with E-state index in [2.05, 4.69) is 9.97 Å². The number of hydrogen-bond donors (Lipinski definition) is 1. The van der Waals surface area contributed by atoms with Gasteiger partial charge in [-0.1, -0.05) is 0 Å². The Bertz CT molecular complexity index is 602. The molecule has 0 amide bonds. The molecule has 1 aliphatic heterocycles. The van der Waals surface area contributed by atoms with Gasteiger partial charge in [0.2, 0.25) is 6.29 Å². The quantitative estimate of drug-likeness (QED) is 0.853. The minimum atomic E-state index is -0.412. The van der Waals surface area contributed by atoms with Gasteiger partial charge in [-0.3, -0.25) is 4.98 Å². The van der Waals surface area contributed by atoms with Crippen LogP contribution in [-0.2, 0) is 14.2 Å². The van der Waals surface area contributed by atoms with Gasteiger partial charge in [0, 0.05) is 5.39 Å². The maximum Gasteiger partial charge on any atom is 0.354 e. The molecule has 2 aromatic heterocycles. The number of H-pyrrole nitrogens is 1. The molecular formula is C13H14N2O4. The van der Waals surface area contributed by atoms with E-state index in [9.17, 15) is 4.79 Å². The van der Waals surface area contributed by atoms with Gasteiger partial charge in [0.1, 0.15) is 5.69 Å². The Hall–Kier alpha value is -1.92. The number of aromatic amines is 1. The minimum absolute atomic E-state index is 0.349. The summed E-state index contributed by atoms with van der Waals surface area (Å²) in [6.45, 7) is 3.27. The lowest BCUT2D eigenvalue weighted by molar-refractivity contribution is -0.0471. The topological polar surface area (TPSA) is 73.4 Å². The summed E-state index contributed by atoms with van der Waals surface area (Å²) >= 11 is 0. The SMILES string of the molecule is CCOC(=O)c1cc2cc(C3OCCO3)ncc2[nH]1. The summed E-state index contributed by atoms with van der Waals surface area (Å²) in [5.74, 6) is -0.367. The van der Waals surface area contributed by atoms with E-state index in [1.165, 1.54) is 0 Å². The van der Waals surface area contributed by atoms with Gasteiger partial charge in [-0.05, 0) is 19.1 Å². The molecule has 3 rings (SSSR count). The van der Waals surface area contributed by atoms with E-state index in [4.69, 9.17) is 14.2 Å². The molecule has 19 heavy (non-hydrogen) atoms. The third-order valence-corrected chi connectivity index (χ3v) is 2.88. The third-order valence-electron chi connectivity index (χ3n) is 2.88. The highest BCUT2D eigenvalue weighted by Crippen LogP contribution is 2.24. The first-order valence-electron chi connectivity index (χ1n) is 6.17. The molecule has 1 saturated heterocycles. The molecule has 1 N–H and O–H groups in total. The average molecular weight is 262 g/mol. The first kappa shape index (κ1) is 12.1. The van der Waals surface area contributed by atoms with Gasteiger partial charge in [-0.15, -0.1) is 0 Å².